The van der Waals surface area contributed by atoms with Gasteiger partial charge in [0.2, 0.25) is 0 Å². The molecule has 0 N–H and O–H groups in total. The Labute approximate surface area is 243 Å². The molecule has 0 bridgehead atoms. The number of hydrogen-bond donors (Lipinski definition) is 0. The molecule has 2 fully saturated rings. The summed E-state index contributed by atoms with van der Waals surface area (Å²) in [6, 6.07) is 16.6. The maximum absolute atomic E-state index is 4.57. The molecule has 3 atom stereocenters. The number of rotatable bonds is 7. The maximum atomic E-state index is 4.57. The second-order valence-corrected chi connectivity index (χ2v) is 13.3. The number of allylic oxidation sites excluding steroid dienone is 7. The highest BCUT2D eigenvalue weighted by Gasteiger charge is 2.28. The van der Waals surface area contributed by atoms with Crippen molar-refractivity contribution < 1.29 is 0 Å². The molecule has 0 nitrogen and oxygen atoms in total. The fraction of sp³-hybridized carbons (Fsp3) is 0.450. The topological polar surface area (TPSA) is 0 Å². The van der Waals surface area contributed by atoms with Crippen molar-refractivity contribution in [3.63, 3.8) is 0 Å². The SMILES string of the molecule is C=C(Cc1cccc(C2CCC(=C)C(Cc3ccc(C4CCCCC4=C)cc3)C2)c1C)C1=CC2=C(CCCC2)C1. The van der Waals surface area contributed by atoms with E-state index >= 15 is 0 Å². The Morgan fingerprint density at radius 3 is 2.45 bits per heavy atom. The van der Waals surface area contributed by atoms with E-state index in [-0.39, 0.29) is 0 Å². The molecule has 0 saturated heterocycles. The molecule has 0 amide bonds. The highest BCUT2D eigenvalue weighted by Crippen LogP contribution is 2.43. The molecule has 0 heterocycles. The van der Waals surface area contributed by atoms with E-state index in [0.29, 0.717) is 17.8 Å². The predicted molar refractivity (Wildman–Crippen MR) is 172 cm³/mol. The minimum absolute atomic E-state index is 0.563. The Morgan fingerprint density at radius 2 is 1.65 bits per heavy atom. The lowest BCUT2D eigenvalue weighted by molar-refractivity contribution is 0.402. The summed E-state index contributed by atoms with van der Waals surface area (Å²) in [5.74, 6) is 1.75. The van der Waals surface area contributed by atoms with Crippen LogP contribution in [0.5, 0.6) is 0 Å². The first-order valence-electron chi connectivity index (χ1n) is 16.1. The van der Waals surface area contributed by atoms with Gasteiger partial charge in [-0.05, 0) is 147 Å². The Kier molecular flexibility index (Phi) is 8.15. The Morgan fingerprint density at radius 1 is 0.850 bits per heavy atom. The van der Waals surface area contributed by atoms with Crippen LogP contribution in [0, 0.1) is 12.8 Å². The summed E-state index contributed by atoms with van der Waals surface area (Å²) in [4.78, 5) is 0. The van der Waals surface area contributed by atoms with Gasteiger partial charge < -0.3 is 0 Å². The second-order valence-electron chi connectivity index (χ2n) is 13.3. The van der Waals surface area contributed by atoms with E-state index in [4.69, 9.17) is 0 Å². The fourth-order valence-electron chi connectivity index (χ4n) is 8.12. The Bertz CT molecular complexity index is 1360. The molecule has 0 spiro atoms. The van der Waals surface area contributed by atoms with Gasteiger partial charge in [-0.1, -0.05) is 91.4 Å². The van der Waals surface area contributed by atoms with Gasteiger partial charge in [0.1, 0.15) is 0 Å². The van der Waals surface area contributed by atoms with Crippen molar-refractivity contribution in [3.8, 4) is 0 Å². The van der Waals surface area contributed by atoms with Gasteiger partial charge in [0.15, 0.2) is 0 Å². The molecular weight excluding hydrogens is 480 g/mol. The molecule has 2 aromatic rings. The van der Waals surface area contributed by atoms with Crippen LogP contribution in [0.15, 0.2) is 102 Å². The van der Waals surface area contributed by atoms with E-state index in [1.54, 1.807) is 16.7 Å². The first-order chi connectivity index (χ1) is 19.5. The molecule has 40 heavy (non-hydrogen) atoms. The zero-order chi connectivity index (χ0) is 27.6. The van der Waals surface area contributed by atoms with Crippen LogP contribution in [-0.4, -0.2) is 0 Å². The van der Waals surface area contributed by atoms with E-state index in [9.17, 15) is 0 Å². The van der Waals surface area contributed by atoms with Gasteiger partial charge in [0.05, 0.1) is 0 Å². The summed E-state index contributed by atoms with van der Waals surface area (Å²) in [6.45, 7) is 15.9. The molecular formula is C40H48. The van der Waals surface area contributed by atoms with Crippen LogP contribution >= 0.6 is 0 Å². The van der Waals surface area contributed by atoms with Gasteiger partial charge in [0, 0.05) is 5.92 Å². The van der Waals surface area contributed by atoms with Crippen LogP contribution in [-0.2, 0) is 12.8 Å². The molecule has 0 aromatic heterocycles. The smallest absolute Gasteiger partial charge is 0.00454 e. The minimum atomic E-state index is 0.563. The van der Waals surface area contributed by atoms with Crippen molar-refractivity contribution in [2.75, 3.05) is 0 Å². The monoisotopic (exact) mass is 528 g/mol. The summed E-state index contributed by atoms with van der Waals surface area (Å²) in [5, 5.41) is 0. The third-order valence-electron chi connectivity index (χ3n) is 10.7. The summed E-state index contributed by atoms with van der Waals surface area (Å²) in [5.41, 5.74) is 16.5. The van der Waals surface area contributed by atoms with E-state index in [1.807, 2.05) is 0 Å². The van der Waals surface area contributed by atoms with E-state index in [1.165, 1.54) is 109 Å². The zero-order valence-corrected chi connectivity index (χ0v) is 24.9. The lowest BCUT2D eigenvalue weighted by Crippen LogP contribution is -2.19. The second kappa shape index (κ2) is 11.9. The van der Waals surface area contributed by atoms with Gasteiger partial charge in [-0.2, -0.15) is 0 Å². The quantitative estimate of drug-likeness (QED) is 0.313. The lowest BCUT2D eigenvalue weighted by Gasteiger charge is -2.33. The molecule has 2 aromatic carbocycles. The van der Waals surface area contributed by atoms with Crippen LogP contribution in [0.1, 0.15) is 117 Å². The standard InChI is InChI=1S/C40H48/c1-27-16-19-36(26-37(27)23-31-17-20-32(21-18-31)39-14-8-5-10-28(39)2)40-15-9-13-33(30(40)4)22-29(3)38-24-34-11-6-7-12-35(34)25-38/h9,13,15,17-18,20-21,24,36-37,39H,1-3,5-8,10-12,14,16,19,22-23,25-26H2,4H3. The molecule has 4 aliphatic rings. The Balaban J connectivity index is 1.11. The van der Waals surface area contributed by atoms with Crippen LogP contribution in [0.3, 0.4) is 0 Å². The fourth-order valence-corrected chi connectivity index (χ4v) is 8.12. The average Bonchev–Trinajstić information content (AvgIpc) is 3.41. The summed E-state index contributed by atoms with van der Waals surface area (Å²) < 4.78 is 0. The van der Waals surface area contributed by atoms with Crippen molar-refractivity contribution in [1.29, 1.82) is 0 Å². The third kappa shape index (κ3) is 5.79. The van der Waals surface area contributed by atoms with Crippen LogP contribution in [0.2, 0.25) is 0 Å². The number of benzene rings is 2. The average molecular weight is 529 g/mol. The molecule has 0 aliphatic heterocycles. The van der Waals surface area contributed by atoms with Crippen molar-refractivity contribution in [3.05, 3.63) is 130 Å². The van der Waals surface area contributed by atoms with Gasteiger partial charge >= 0.3 is 0 Å². The van der Waals surface area contributed by atoms with E-state index in [2.05, 4.69) is 75.2 Å². The van der Waals surface area contributed by atoms with E-state index in [0.717, 1.165) is 25.7 Å². The van der Waals surface area contributed by atoms with Crippen LogP contribution < -0.4 is 0 Å². The maximum Gasteiger partial charge on any atom is 0.00454 e. The van der Waals surface area contributed by atoms with Crippen molar-refractivity contribution in [2.45, 2.75) is 109 Å². The minimum Gasteiger partial charge on any atom is -0.0996 e. The van der Waals surface area contributed by atoms with Crippen molar-refractivity contribution in [2.24, 2.45) is 5.92 Å². The first-order valence-corrected chi connectivity index (χ1v) is 16.1. The Hall–Kier alpha value is -2.86. The van der Waals surface area contributed by atoms with Gasteiger partial charge in [-0.3, -0.25) is 0 Å². The summed E-state index contributed by atoms with van der Waals surface area (Å²) in [7, 11) is 0. The molecule has 0 heteroatoms. The lowest BCUT2D eigenvalue weighted by atomic mass is 9.72. The van der Waals surface area contributed by atoms with Crippen LogP contribution in [0.25, 0.3) is 0 Å². The third-order valence-corrected chi connectivity index (χ3v) is 10.7. The van der Waals surface area contributed by atoms with Gasteiger partial charge in [-0.25, -0.2) is 0 Å². The summed E-state index contributed by atoms with van der Waals surface area (Å²) in [6.07, 6.45) is 19.7. The highest BCUT2D eigenvalue weighted by atomic mass is 14.3. The van der Waals surface area contributed by atoms with Crippen LogP contribution in [0.4, 0.5) is 0 Å². The molecule has 2 saturated carbocycles. The first kappa shape index (κ1) is 27.3. The van der Waals surface area contributed by atoms with Crippen molar-refractivity contribution >= 4 is 0 Å². The van der Waals surface area contributed by atoms with E-state index < -0.39 is 0 Å². The van der Waals surface area contributed by atoms with Crippen molar-refractivity contribution in [1.82, 2.24) is 0 Å². The highest BCUT2D eigenvalue weighted by molar-refractivity contribution is 5.50. The molecule has 6 rings (SSSR count). The largest absolute Gasteiger partial charge is 0.0996 e. The molecule has 208 valence electrons. The van der Waals surface area contributed by atoms with Gasteiger partial charge in [0.25, 0.3) is 0 Å². The normalized spacial score (nSPS) is 25.1. The molecule has 4 aliphatic carbocycles. The molecule has 3 unspecified atom stereocenters. The predicted octanol–water partition coefficient (Wildman–Crippen LogP) is 11.2. The number of hydrogen-bond acceptors (Lipinski definition) is 0. The zero-order valence-electron chi connectivity index (χ0n) is 24.9. The van der Waals surface area contributed by atoms with Gasteiger partial charge in [-0.15, -0.1) is 0 Å². The molecule has 0 radical (unpaired) electrons. The summed E-state index contributed by atoms with van der Waals surface area (Å²) >= 11 is 0.